The van der Waals surface area contributed by atoms with Crippen LogP contribution in [0, 0.1) is 6.92 Å². The van der Waals surface area contributed by atoms with Crippen molar-refractivity contribution in [3.8, 4) is 0 Å². The number of esters is 1. The molecule has 1 heterocycles. The molecule has 4 nitrogen and oxygen atoms in total. The van der Waals surface area contributed by atoms with E-state index in [2.05, 4.69) is 0 Å². The number of hydrogen-bond acceptors (Lipinski definition) is 4. The fraction of sp³-hybridized carbons (Fsp3) is 0.562. The van der Waals surface area contributed by atoms with E-state index in [0.29, 0.717) is 0 Å². The van der Waals surface area contributed by atoms with Crippen LogP contribution < -0.4 is 0 Å². The molecule has 1 aliphatic heterocycles. The maximum atomic E-state index is 12.0. The minimum atomic E-state index is -0.667. The van der Waals surface area contributed by atoms with Crippen LogP contribution in [-0.2, 0) is 19.0 Å². The summed E-state index contributed by atoms with van der Waals surface area (Å²) < 4.78 is 17.1. The highest BCUT2D eigenvalue weighted by Crippen LogP contribution is 2.47. The largest absolute Gasteiger partial charge is 0.467 e. The van der Waals surface area contributed by atoms with E-state index in [-0.39, 0.29) is 12.1 Å². The van der Waals surface area contributed by atoms with Crippen molar-refractivity contribution in [2.24, 2.45) is 0 Å². The Morgan fingerprint density at radius 1 is 1.25 bits per heavy atom. The van der Waals surface area contributed by atoms with Crippen molar-refractivity contribution < 1.29 is 19.0 Å². The quantitative estimate of drug-likeness (QED) is 0.779. The van der Waals surface area contributed by atoms with Gasteiger partial charge in [-0.2, -0.15) is 0 Å². The molecule has 0 amide bonds. The molecular weight excluding hydrogens is 256 g/mol. The van der Waals surface area contributed by atoms with Gasteiger partial charge >= 0.3 is 5.97 Å². The zero-order valence-electron chi connectivity index (χ0n) is 11.9. The molecule has 2 atom stereocenters. The number of rotatable bonds is 2. The third kappa shape index (κ3) is 2.23. The summed E-state index contributed by atoms with van der Waals surface area (Å²) in [6, 6.07) is 7.95. The number of methoxy groups -OCH3 is 1. The van der Waals surface area contributed by atoms with Gasteiger partial charge in [0.05, 0.1) is 7.11 Å². The molecule has 1 saturated carbocycles. The van der Waals surface area contributed by atoms with E-state index in [4.69, 9.17) is 14.2 Å². The summed E-state index contributed by atoms with van der Waals surface area (Å²) in [5.74, 6) is -0.951. The van der Waals surface area contributed by atoms with E-state index in [1.807, 2.05) is 31.2 Å². The molecule has 1 unspecified atom stereocenters. The maximum absolute atomic E-state index is 12.0. The lowest BCUT2D eigenvalue weighted by Crippen LogP contribution is -2.30. The fourth-order valence-electron chi connectivity index (χ4n) is 3.18. The topological polar surface area (TPSA) is 44.8 Å². The minimum Gasteiger partial charge on any atom is -0.467 e. The molecule has 108 valence electrons. The van der Waals surface area contributed by atoms with Crippen LogP contribution in [0.4, 0.5) is 0 Å². The molecule has 2 fully saturated rings. The normalized spacial score (nSPS) is 27.9. The smallest absolute Gasteiger partial charge is 0.338 e. The summed E-state index contributed by atoms with van der Waals surface area (Å²) in [6.07, 6.45) is 2.81. The second kappa shape index (κ2) is 5.19. The van der Waals surface area contributed by atoms with Gasteiger partial charge in [-0.15, -0.1) is 0 Å². The van der Waals surface area contributed by atoms with E-state index >= 15 is 0 Å². The number of ether oxygens (including phenoxy) is 3. The molecule has 0 radical (unpaired) electrons. The summed E-state index contributed by atoms with van der Waals surface area (Å²) in [7, 11) is 1.39. The van der Waals surface area contributed by atoms with Crippen LogP contribution in [0.25, 0.3) is 0 Å². The highest BCUT2D eigenvalue weighted by atomic mass is 16.8. The lowest BCUT2D eigenvalue weighted by molar-refractivity contribution is -0.180. The molecule has 1 spiro atoms. The van der Waals surface area contributed by atoms with Gasteiger partial charge in [0.1, 0.15) is 6.10 Å². The molecular formula is C16H20O4. The van der Waals surface area contributed by atoms with Gasteiger partial charge < -0.3 is 14.2 Å². The van der Waals surface area contributed by atoms with E-state index in [0.717, 1.165) is 36.8 Å². The molecule has 20 heavy (non-hydrogen) atoms. The average molecular weight is 276 g/mol. The molecule has 1 aliphatic carbocycles. The average Bonchev–Trinajstić information content (AvgIpc) is 3.07. The van der Waals surface area contributed by atoms with Gasteiger partial charge in [-0.1, -0.05) is 24.3 Å². The minimum absolute atomic E-state index is 0.359. The van der Waals surface area contributed by atoms with Crippen LogP contribution in [0.5, 0.6) is 0 Å². The first kappa shape index (κ1) is 13.6. The van der Waals surface area contributed by atoms with Crippen LogP contribution in [-0.4, -0.2) is 25.0 Å². The van der Waals surface area contributed by atoms with Crippen LogP contribution in [0.1, 0.15) is 42.9 Å². The van der Waals surface area contributed by atoms with E-state index in [1.54, 1.807) is 0 Å². The highest BCUT2D eigenvalue weighted by molar-refractivity contribution is 5.76. The second-order valence-corrected chi connectivity index (χ2v) is 5.57. The van der Waals surface area contributed by atoms with E-state index in [1.165, 1.54) is 7.11 Å². The van der Waals surface area contributed by atoms with Gasteiger partial charge in [0.25, 0.3) is 0 Å². The predicted molar refractivity (Wildman–Crippen MR) is 73.1 cm³/mol. The van der Waals surface area contributed by atoms with Crippen LogP contribution >= 0.6 is 0 Å². The van der Waals surface area contributed by atoms with Crippen LogP contribution in [0.2, 0.25) is 0 Å². The fourth-order valence-corrected chi connectivity index (χ4v) is 3.18. The zero-order valence-corrected chi connectivity index (χ0v) is 11.9. The van der Waals surface area contributed by atoms with Gasteiger partial charge in [0.15, 0.2) is 11.9 Å². The van der Waals surface area contributed by atoms with Gasteiger partial charge in [-0.3, -0.25) is 0 Å². The number of aryl methyl sites for hydroxylation is 1. The predicted octanol–water partition coefficient (Wildman–Crippen LogP) is 2.89. The van der Waals surface area contributed by atoms with Crippen molar-refractivity contribution in [1.29, 1.82) is 0 Å². The van der Waals surface area contributed by atoms with Gasteiger partial charge in [0, 0.05) is 12.8 Å². The summed E-state index contributed by atoms with van der Waals surface area (Å²) in [6.45, 7) is 2.02. The molecule has 4 heteroatoms. The van der Waals surface area contributed by atoms with Crippen molar-refractivity contribution >= 4 is 5.97 Å². The van der Waals surface area contributed by atoms with Crippen molar-refractivity contribution in [3.63, 3.8) is 0 Å². The Balaban J connectivity index is 1.94. The van der Waals surface area contributed by atoms with Crippen molar-refractivity contribution in [3.05, 3.63) is 35.4 Å². The molecule has 2 aliphatic rings. The Labute approximate surface area is 119 Å². The van der Waals surface area contributed by atoms with Crippen LogP contribution in [0.15, 0.2) is 24.3 Å². The molecule has 0 N–H and O–H groups in total. The molecule has 3 rings (SSSR count). The third-order valence-corrected chi connectivity index (χ3v) is 4.25. The monoisotopic (exact) mass is 276 g/mol. The zero-order chi connectivity index (χ0) is 14.2. The highest BCUT2D eigenvalue weighted by Gasteiger charge is 2.52. The second-order valence-electron chi connectivity index (χ2n) is 5.57. The van der Waals surface area contributed by atoms with Gasteiger partial charge in [-0.05, 0) is 30.9 Å². The standard InChI is InChI=1S/C16H20O4/c1-11-7-3-4-8-12(11)13-14(15(17)18-2)20-16(19-13)9-5-6-10-16/h3-4,7-8,13-14H,5-6,9-10H2,1-2H3/t13-,14?/m1/s1. The first-order valence-electron chi connectivity index (χ1n) is 7.14. The molecule has 1 aromatic carbocycles. The molecule has 0 bridgehead atoms. The number of carbonyl (C=O) groups excluding carboxylic acids is 1. The number of carbonyl (C=O) groups is 1. The van der Waals surface area contributed by atoms with Crippen molar-refractivity contribution in [2.75, 3.05) is 7.11 Å². The van der Waals surface area contributed by atoms with E-state index in [9.17, 15) is 4.79 Å². The Morgan fingerprint density at radius 2 is 1.95 bits per heavy atom. The number of hydrogen-bond donors (Lipinski definition) is 0. The third-order valence-electron chi connectivity index (χ3n) is 4.25. The van der Waals surface area contributed by atoms with Crippen LogP contribution in [0.3, 0.4) is 0 Å². The Bertz CT molecular complexity index is 505. The lowest BCUT2D eigenvalue weighted by Gasteiger charge is -2.22. The number of benzene rings is 1. The van der Waals surface area contributed by atoms with E-state index < -0.39 is 11.9 Å². The molecule has 0 aromatic heterocycles. The lowest BCUT2D eigenvalue weighted by atomic mass is 10.00. The Morgan fingerprint density at radius 3 is 2.60 bits per heavy atom. The van der Waals surface area contributed by atoms with Gasteiger partial charge in [-0.25, -0.2) is 4.79 Å². The summed E-state index contributed by atoms with van der Waals surface area (Å²) >= 11 is 0. The summed E-state index contributed by atoms with van der Waals surface area (Å²) in [5, 5.41) is 0. The molecule has 1 saturated heterocycles. The van der Waals surface area contributed by atoms with Crippen molar-refractivity contribution in [2.45, 2.75) is 50.6 Å². The maximum Gasteiger partial charge on any atom is 0.338 e. The SMILES string of the molecule is COC(=O)C1OC2(CCCC2)O[C@@H]1c1ccccc1C. The summed E-state index contributed by atoms with van der Waals surface area (Å²) in [4.78, 5) is 12.0. The summed E-state index contributed by atoms with van der Waals surface area (Å²) in [5.41, 5.74) is 2.11. The first-order valence-corrected chi connectivity index (χ1v) is 7.14. The van der Waals surface area contributed by atoms with Crippen molar-refractivity contribution in [1.82, 2.24) is 0 Å². The Kier molecular flexibility index (Phi) is 3.52. The Hall–Kier alpha value is -1.39. The van der Waals surface area contributed by atoms with Gasteiger partial charge in [0.2, 0.25) is 0 Å². The first-order chi connectivity index (χ1) is 9.65. The molecule has 1 aromatic rings.